The van der Waals surface area contributed by atoms with Crippen molar-refractivity contribution < 1.29 is 0 Å². The second-order valence-electron chi connectivity index (χ2n) is 6.45. The molecule has 0 radical (unpaired) electrons. The second kappa shape index (κ2) is 7.14. The lowest BCUT2D eigenvalue weighted by atomic mass is 9.69. The molecule has 2 N–H and O–H groups in total. The third kappa shape index (κ3) is 4.23. The van der Waals surface area contributed by atoms with Crippen molar-refractivity contribution in [1.82, 2.24) is 10.6 Å². The van der Waals surface area contributed by atoms with E-state index in [1.54, 1.807) is 0 Å². The summed E-state index contributed by atoms with van der Waals surface area (Å²) < 4.78 is 0. The average Bonchev–Trinajstić information content (AvgIpc) is 3.22. The Kier molecular flexibility index (Phi) is 5.78. The molecule has 0 amide bonds. The molecule has 110 valence electrons. The van der Waals surface area contributed by atoms with Crippen molar-refractivity contribution in [2.24, 2.45) is 16.8 Å². The number of fused-ring (bicyclic) bond motifs is 1. The third-order valence-electron chi connectivity index (χ3n) is 5.02. The van der Waals surface area contributed by atoms with Crippen molar-refractivity contribution in [3.8, 4) is 0 Å². The third-order valence-corrected chi connectivity index (χ3v) is 5.02. The Morgan fingerprint density at radius 1 is 0.842 bits per heavy atom. The zero-order chi connectivity index (χ0) is 12.4. The summed E-state index contributed by atoms with van der Waals surface area (Å²) in [5.74, 6) is 3.07. The largest absolute Gasteiger partial charge is 0.354 e. The predicted molar refractivity (Wildman–Crippen MR) is 91.2 cm³/mol. The summed E-state index contributed by atoms with van der Waals surface area (Å²) in [6, 6.07) is 1.36. The van der Waals surface area contributed by atoms with E-state index in [9.17, 15) is 0 Å². The molecule has 0 bridgehead atoms. The van der Waals surface area contributed by atoms with Gasteiger partial charge in [0.25, 0.3) is 0 Å². The Morgan fingerprint density at radius 3 is 2.16 bits per heavy atom. The lowest BCUT2D eigenvalue weighted by Gasteiger charge is -2.39. The maximum atomic E-state index is 4.36. The van der Waals surface area contributed by atoms with E-state index in [4.69, 9.17) is 0 Å². The Balaban J connectivity index is 0.00000133. The van der Waals surface area contributed by atoms with Gasteiger partial charge in [-0.15, -0.1) is 24.0 Å². The van der Waals surface area contributed by atoms with Gasteiger partial charge in [0, 0.05) is 19.1 Å². The maximum absolute atomic E-state index is 4.36. The lowest BCUT2D eigenvalue weighted by Crippen LogP contribution is -2.47. The molecule has 4 heteroatoms. The van der Waals surface area contributed by atoms with E-state index in [2.05, 4.69) is 15.6 Å². The molecule has 0 aromatic rings. The van der Waals surface area contributed by atoms with Gasteiger partial charge < -0.3 is 10.6 Å². The minimum atomic E-state index is 0. The predicted octanol–water partition coefficient (Wildman–Crippen LogP) is 3.29. The first kappa shape index (κ1) is 15.4. The number of hydrogen-bond donors (Lipinski definition) is 2. The monoisotopic (exact) mass is 377 g/mol. The van der Waals surface area contributed by atoms with Gasteiger partial charge in [0.15, 0.2) is 5.96 Å². The Hall–Kier alpha value is 0. The Labute approximate surface area is 134 Å². The molecule has 0 aromatic carbocycles. The van der Waals surface area contributed by atoms with Crippen LogP contribution < -0.4 is 10.6 Å². The SMILES string of the molecule is CN=C(NC1CC1)NC1CCC2CCCCC2C1.I. The van der Waals surface area contributed by atoms with Gasteiger partial charge in [0.2, 0.25) is 0 Å². The van der Waals surface area contributed by atoms with Crippen LogP contribution in [0.3, 0.4) is 0 Å². The fraction of sp³-hybridized carbons (Fsp3) is 0.933. The molecular formula is C15H28IN3. The first-order chi connectivity index (χ1) is 8.85. The number of rotatable bonds is 2. The molecule has 0 spiro atoms. The molecule has 3 unspecified atom stereocenters. The van der Waals surface area contributed by atoms with Gasteiger partial charge in [-0.1, -0.05) is 25.7 Å². The first-order valence-electron chi connectivity index (χ1n) is 7.85. The fourth-order valence-electron chi connectivity index (χ4n) is 3.79. The number of hydrogen-bond acceptors (Lipinski definition) is 1. The van der Waals surface area contributed by atoms with E-state index in [-0.39, 0.29) is 24.0 Å². The van der Waals surface area contributed by atoms with Crippen LogP contribution in [0.1, 0.15) is 57.8 Å². The maximum Gasteiger partial charge on any atom is 0.191 e. The van der Waals surface area contributed by atoms with Crippen LogP contribution in [0.4, 0.5) is 0 Å². The van der Waals surface area contributed by atoms with Crippen LogP contribution in [0.5, 0.6) is 0 Å². The summed E-state index contributed by atoms with van der Waals surface area (Å²) >= 11 is 0. The van der Waals surface area contributed by atoms with Crippen molar-refractivity contribution in [1.29, 1.82) is 0 Å². The van der Waals surface area contributed by atoms with Gasteiger partial charge in [-0.25, -0.2) is 0 Å². The van der Waals surface area contributed by atoms with Crippen molar-refractivity contribution >= 4 is 29.9 Å². The summed E-state index contributed by atoms with van der Waals surface area (Å²) in [6.45, 7) is 0. The quantitative estimate of drug-likeness (QED) is 0.440. The first-order valence-corrected chi connectivity index (χ1v) is 7.85. The highest BCUT2D eigenvalue weighted by Gasteiger charge is 2.32. The van der Waals surface area contributed by atoms with Gasteiger partial charge in [-0.3, -0.25) is 4.99 Å². The van der Waals surface area contributed by atoms with Crippen LogP contribution in [0.2, 0.25) is 0 Å². The Morgan fingerprint density at radius 2 is 1.47 bits per heavy atom. The molecule has 3 saturated carbocycles. The topological polar surface area (TPSA) is 36.4 Å². The summed E-state index contributed by atoms with van der Waals surface area (Å²) in [4.78, 5) is 4.36. The Bertz CT molecular complexity index is 315. The molecule has 3 atom stereocenters. The van der Waals surface area contributed by atoms with Gasteiger partial charge in [0.05, 0.1) is 0 Å². The summed E-state index contributed by atoms with van der Waals surface area (Å²) in [5, 5.41) is 7.15. The standard InChI is InChI=1S/C15H27N3.HI/c1-16-15(17-13-8-9-13)18-14-7-6-11-4-2-3-5-12(11)10-14;/h11-14H,2-10H2,1H3,(H2,16,17,18);1H. The van der Waals surface area contributed by atoms with E-state index in [0.29, 0.717) is 12.1 Å². The number of nitrogens with zero attached hydrogens (tertiary/aromatic N) is 1. The molecular weight excluding hydrogens is 349 g/mol. The van der Waals surface area contributed by atoms with Gasteiger partial charge in [-0.05, 0) is 43.9 Å². The lowest BCUT2D eigenvalue weighted by molar-refractivity contribution is 0.150. The molecule has 3 nitrogen and oxygen atoms in total. The van der Waals surface area contributed by atoms with E-state index in [1.165, 1.54) is 57.8 Å². The van der Waals surface area contributed by atoms with Crippen molar-refractivity contribution in [2.45, 2.75) is 69.9 Å². The van der Waals surface area contributed by atoms with Gasteiger partial charge in [0.1, 0.15) is 0 Å². The average molecular weight is 377 g/mol. The van der Waals surface area contributed by atoms with Crippen LogP contribution in [-0.4, -0.2) is 25.1 Å². The zero-order valence-electron chi connectivity index (χ0n) is 12.0. The minimum Gasteiger partial charge on any atom is -0.354 e. The summed E-state index contributed by atoms with van der Waals surface area (Å²) in [5.41, 5.74) is 0. The highest BCUT2D eigenvalue weighted by Crippen LogP contribution is 2.40. The molecule has 3 rings (SSSR count). The van der Waals surface area contributed by atoms with E-state index < -0.39 is 0 Å². The van der Waals surface area contributed by atoms with Crippen LogP contribution in [0, 0.1) is 11.8 Å². The van der Waals surface area contributed by atoms with E-state index in [0.717, 1.165) is 17.8 Å². The molecule has 19 heavy (non-hydrogen) atoms. The number of guanidine groups is 1. The number of nitrogens with one attached hydrogen (secondary N) is 2. The van der Waals surface area contributed by atoms with Crippen LogP contribution in [-0.2, 0) is 0 Å². The summed E-state index contributed by atoms with van der Waals surface area (Å²) in [6.07, 6.45) is 12.7. The van der Waals surface area contributed by atoms with Crippen LogP contribution >= 0.6 is 24.0 Å². The summed E-state index contributed by atoms with van der Waals surface area (Å²) in [7, 11) is 1.89. The number of halogens is 1. The molecule has 3 fully saturated rings. The normalized spacial score (nSPS) is 35.0. The highest BCUT2D eigenvalue weighted by atomic mass is 127. The molecule has 3 aliphatic rings. The second-order valence-corrected chi connectivity index (χ2v) is 6.45. The number of aliphatic imine (C=N–C) groups is 1. The van der Waals surface area contributed by atoms with E-state index >= 15 is 0 Å². The minimum absolute atomic E-state index is 0. The van der Waals surface area contributed by atoms with Crippen LogP contribution in [0.15, 0.2) is 4.99 Å². The molecule has 0 aromatic heterocycles. The van der Waals surface area contributed by atoms with Crippen molar-refractivity contribution in [3.63, 3.8) is 0 Å². The molecule has 0 saturated heterocycles. The van der Waals surface area contributed by atoms with E-state index in [1.807, 2.05) is 7.05 Å². The molecule has 0 heterocycles. The van der Waals surface area contributed by atoms with Crippen LogP contribution in [0.25, 0.3) is 0 Å². The van der Waals surface area contributed by atoms with Crippen molar-refractivity contribution in [2.75, 3.05) is 7.05 Å². The highest BCUT2D eigenvalue weighted by molar-refractivity contribution is 14.0. The van der Waals surface area contributed by atoms with Gasteiger partial charge in [-0.2, -0.15) is 0 Å². The smallest absolute Gasteiger partial charge is 0.191 e. The van der Waals surface area contributed by atoms with Gasteiger partial charge >= 0.3 is 0 Å². The molecule has 3 aliphatic carbocycles. The zero-order valence-corrected chi connectivity index (χ0v) is 14.4. The molecule has 0 aliphatic heterocycles. The fourth-order valence-corrected chi connectivity index (χ4v) is 3.79. The van der Waals surface area contributed by atoms with Crippen molar-refractivity contribution in [3.05, 3.63) is 0 Å².